The van der Waals surface area contributed by atoms with Gasteiger partial charge in [-0.2, -0.15) is 0 Å². The van der Waals surface area contributed by atoms with Gasteiger partial charge in [-0.05, 0) is 74.5 Å². The van der Waals surface area contributed by atoms with Gasteiger partial charge >= 0.3 is 0 Å². The van der Waals surface area contributed by atoms with Gasteiger partial charge in [0, 0.05) is 31.4 Å². The van der Waals surface area contributed by atoms with Crippen molar-refractivity contribution >= 4 is 9.84 Å². The molecule has 35 heavy (non-hydrogen) atoms. The number of sulfone groups is 1. The molecule has 2 aliphatic heterocycles. The molecule has 1 aromatic heterocycles. The first-order chi connectivity index (χ1) is 16.8. The maximum absolute atomic E-state index is 11.9. The quantitative estimate of drug-likeness (QED) is 0.488. The lowest BCUT2D eigenvalue weighted by molar-refractivity contribution is -0.0113. The van der Waals surface area contributed by atoms with E-state index in [1.807, 2.05) is 4.68 Å². The Kier molecular flexibility index (Phi) is 7.05. The molecular weight excluding hydrogens is 460 g/mol. The molecule has 3 heterocycles. The monoisotopic (exact) mass is 494 g/mol. The Labute approximate surface area is 208 Å². The van der Waals surface area contributed by atoms with E-state index in [1.165, 1.54) is 37.8 Å². The third-order valence-corrected chi connectivity index (χ3v) is 8.14. The highest BCUT2D eigenvalue weighted by Crippen LogP contribution is 2.25. The van der Waals surface area contributed by atoms with Crippen molar-refractivity contribution < 1.29 is 13.2 Å². The molecule has 7 nitrogen and oxygen atoms in total. The zero-order chi connectivity index (χ0) is 24.4. The fraction of sp³-hybridized carbons (Fsp3) is 0.481. The van der Waals surface area contributed by atoms with E-state index in [9.17, 15) is 8.42 Å². The van der Waals surface area contributed by atoms with Crippen LogP contribution in [0.2, 0.25) is 0 Å². The maximum atomic E-state index is 11.9. The molecule has 8 heteroatoms. The largest absolute Gasteiger partial charge is 0.377 e. The summed E-state index contributed by atoms with van der Waals surface area (Å²) in [5, 5.41) is 4.85. The van der Waals surface area contributed by atoms with Crippen LogP contribution in [0.15, 0.2) is 53.4 Å². The molecule has 5 rings (SSSR count). The number of benzene rings is 2. The van der Waals surface area contributed by atoms with Crippen molar-refractivity contribution in [3.63, 3.8) is 0 Å². The molecule has 2 fully saturated rings. The topological polar surface area (TPSA) is 77.3 Å². The molecule has 0 saturated carbocycles. The molecule has 2 atom stereocenters. The molecule has 0 N–H and O–H groups in total. The van der Waals surface area contributed by atoms with Crippen LogP contribution in [0.5, 0.6) is 0 Å². The number of likely N-dealkylation sites (tertiary alicyclic amines) is 1. The van der Waals surface area contributed by atoms with Gasteiger partial charge < -0.3 is 4.74 Å². The molecular formula is C27H34N4O3S. The number of hydrogen-bond donors (Lipinski definition) is 0. The summed E-state index contributed by atoms with van der Waals surface area (Å²) in [6.07, 6.45) is 6.72. The standard InChI is InChI=1S/C27H34N4O3S/c1-20-5-12-24(34-19-20)17-26-28-27(22-8-6-21(7-9-22)18-30-15-3-4-16-30)29-31(26)23-10-13-25(14-11-23)35(2,32)33/h6-11,13-14,20,24H,3-5,12,15-19H2,1-2H3/t20-,24+/m1/s1. The maximum Gasteiger partial charge on any atom is 0.181 e. The molecule has 186 valence electrons. The minimum Gasteiger partial charge on any atom is -0.377 e. The van der Waals surface area contributed by atoms with Crippen molar-refractivity contribution in [1.29, 1.82) is 0 Å². The van der Waals surface area contributed by atoms with Crippen molar-refractivity contribution in [2.24, 2.45) is 5.92 Å². The molecule has 2 aromatic carbocycles. The molecule has 2 aliphatic rings. The van der Waals surface area contributed by atoms with Crippen LogP contribution in [0.4, 0.5) is 0 Å². The Balaban J connectivity index is 1.42. The average molecular weight is 495 g/mol. The van der Waals surface area contributed by atoms with E-state index < -0.39 is 9.84 Å². The molecule has 0 unspecified atom stereocenters. The van der Waals surface area contributed by atoms with Gasteiger partial charge in [-0.15, -0.1) is 5.10 Å². The van der Waals surface area contributed by atoms with Gasteiger partial charge in [0.15, 0.2) is 15.7 Å². The Morgan fingerprint density at radius 1 is 1.00 bits per heavy atom. The summed E-state index contributed by atoms with van der Waals surface area (Å²) in [5.74, 6) is 2.08. The van der Waals surface area contributed by atoms with Gasteiger partial charge in [-0.1, -0.05) is 31.2 Å². The summed E-state index contributed by atoms with van der Waals surface area (Å²) in [6, 6.07) is 15.4. The second-order valence-corrected chi connectivity index (χ2v) is 12.1. The minimum atomic E-state index is -3.26. The van der Waals surface area contributed by atoms with Crippen molar-refractivity contribution in [2.75, 3.05) is 26.0 Å². The van der Waals surface area contributed by atoms with Crippen LogP contribution >= 0.6 is 0 Å². The molecule has 0 aliphatic carbocycles. The van der Waals surface area contributed by atoms with Crippen LogP contribution in [-0.4, -0.2) is 60.1 Å². The van der Waals surface area contributed by atoms with Crippen LogP contribution in [0, 0.1) is 5.92 Å². The van der Waals surface area contributed by atoms with Crippen molar-refractivity contribution in [2.45, 2.75) is 56.6 Å². The number of rotatable bonds is 7. The number of aromatic nitrogens is 3. The Morgan fingerprint density at radius 3 is 2.34 bits per heavy atom. The highest BCUT2D eigenvalue weighted by molar-refractivity contribution is 7.90. The van der Waals surface area contributed by atoms with E-state index in [0.29, 0.717) is 23.1 Å². The van der Waals surface area contributed by atoms with Crippen LogP contribution in [-0.2, 0) is 27.5 Å². The van der Waals surface area contributed by atoms with Crippen LogP contribution in [0.25, 0.3) is 17.1 Å². The third-order valence-electron chi connectivity index (χ3n) is 7.01. The predicted molar refractivity (Wildman–Crippen MR) is 136 cm³/mol. The fourth-order valence-corrected chi connectivity index (χ4v) is 5.53. The highest BCUT2D eigenvalue weighted by atomic mass is 32.2. The second-order valence-electron chi connectivity index (χ2n) is 10.1. The molecule has 0 amide bonds. The van der Waals surface area contributed by atoms with E-state index in [0.717, 1.165) is 43.1 Å². The highest BCUT2D eigenvalue weighted by Gasteiger charge is 2.23. The van der Waals surface area contributed by atoms with Gasteiger partial charge in [0.1, 0.15) is 5.82 Å². The Morgan fingerprint density at radius 2 is 1.71 bits per heavy atom. The van der Waals surface area contributed by atoms with Crippen LogP contribution in [0.3, 0.4) is 0 Å². The van der Waals surface area contributed by atoms with Gasteiger partial charge in [0.2, 0.25) is 0 Å². The molecule has 2 saturated heterocycles. The summed E-state index contributed by atoms with van der Waals surface area (Å²) >= 11 is 0. The van der Waals surface area contributed by atoms with Crippen molar-refractivity contribution in [3.05, 3.63) is 59.9 Å². The van der Waals surface area contributed by atoms with Gasteiger partial charge in [0.05, 0.1) is 16.7 Å². The lowest BCUT2D eigenvalue weighted by Gasteiger charge is -2.26. The molecule has 0 spiro atoms. The van der Waals surface area contributed by atoms with Crippen LogP contribution < -0.4 is 0 Å². The smallest absolute Gasteiger partial charge is 0.181 e. The van der Waals surface area contributed by atoms with E-state index in [2.05, 4.69) is 36.1 Å². The lowest BCUT2D eigenvalue weighted by atomic mass is 9.98. The first kappa shape index (κ1) is 24.2. The van der Waals surface area contributed by atoms with E-state index >= 15 is 0 Å². The zero-order valence-corrected chi connectivity index (χ0v) is 21.4. The first-order valence-electron chi connectivity index (χ1n) is 12.5. The molecule has 0 bridgehead atoms. The van der Waals surface area contributed by atoms with Crippen LogP contribution in [0.1, 0.15) is 44.0 Å². The van der Waals surface area contributed by atoms with Gasteiger partial charge in [-0.3, -0.25) is 4.90 Å². The predicted octanol–water partition coefficient (Wildman–Crippen LogP) is 4.29. The summed E-state index contributed by atoms with van der Waals surface area (Å²) in [6.45, 7) is 6.33. The Hall–Kier alpha value is -2.55. The Bertz CT molecular complexity index is 1240. The number of ether oxygens (including phenoxy) is 1. The van der Waals surface area contributed by atoms with Crippen molar-refractivity contribution in [3.8, 4) is 17.1 Å². The SMILES string of the molecule is C[C@@H]1CC[C@@H](Cc2nc(-c3ccc(CN4CCCC4)cc3)nn2-c2ccc(S(C)(=O)=O)cc2)OC1. The fourth-order valence-electron chi connectivity index (χ4n) is 4.90. The number of hydrogen-bond acceptors (Lipinski definition) is 6. The average Bonchev–Trinajstić information content (AvgIpc) is 3.51. The normalized spacial score (nSPS) is 21.4. The van der Waals surface area contributed by atoms with E-state index in [-0.39, 0.29) is 6.10 Å². The first-order valence-corrected chi connectivity index (χ1v) is 14.4. The van der Waals surface area contributed by atoms with E-state index in [4.69, 9.17) is 14.8 Å². The summed E-state index contributed by atoms with van der Waals surface area (Å²) in [5.41, 5.74) is 3.07. The van der Waals surface area contributed by atoms with E-state index in [1.54, 1.807) is 24.3 Å². The molecule has 0 radical (unpaired) electrons. The summed E-state index contributed by atoms with van der Waals surface area (Å²) in [7, 11) is -3.26. The second kappa shape index (κ2) is 10.2. The summed E-state index contributed by atoms with van der Waals surface area (Å²) in [4.78, 5) is 7.70. The number of nitrogens with zero attached hydrogens (tertiary/aromatic N) is 4. The lowest BCUT2D eigenvalue weighted by Crippen LogP contribution is -2.27. The van der Waals surface area contributed by atoms with Crippen molar-refractivity contribution in [1.82, 2.24) is 19.7 Å². The molecule has 3 aromatic rings. The zero-order valence-electron chi connectivity index (χ0n) is 20.6. The summed E-state index contributed by atoms with van der Waals surface area (Å²) < 4.78 is 31.7. The van der Waals surface area contributed by atoms with Gasteiger partial charge in [0.25, 0.3) is 0 Å². The van der Waals surface area contributed by atoms with Gasteiger partial charge in [-0.25, -0.2) is 18.1 Å². The third kappa shape index (κ3) is 5.82. The minimum absolute atomic E-state index is 0.111.